The Labute approximate surface area is 159 Å². The van der Waals surface area contributed by atoms with Gasteiger partial charge in [-0.15, -0.1) is 0 Å². The predicted molar refractivity (Wildman–Crippen MR) is 99.5 cm³/mol. The Hall–Kier alpha value is 0.0700. The molecule has 0 N–H and O–H groups in total. The molecule has 0 radical (unpaired) electrons. The molecule has 140 valence electrons. The fraction of sp³-hybridized carbons (Fsp3) is 0.952. The summed E-state index contributed by atoms with van der Waals surface area (Å²) in [5.41, 5.74) is 0.299. The van der Waals surface area contributed by atoms with Gasteiger partial charge in [-0.3, -0.25) is 4.79 Å². The fourth-order valence-electron chi connectivity index (χ4n) is 7.68. The molecular formula is C21H31BrO3. The molecule has 0 aromatic heterocycles. The van der Waals surface area contributed by atoms with Gasteiger partial charge in [0, 0.05) is 19.3 Å². The van der Waals surface area contributed by atoms with Gasteiger partial charge < -0.3 is 9.47 Å². The van der Waals surface area contributed by atoms with Crippen molar-refractivity contribution in [2.75, 3.05) is 13.2 Å². The van der Waals surface area contributed by atoms with Crippen molar-refractivity contribution in [2.45, 2.75) is 81.7 Å². The van der Waals surface area contributed by atoms with Crippen molar-refractivity contribution in [1.29, 1.82) is 0 Å². The first-order valence-corrected chi connectivity index (χ1v) is 11.1. The Morgan fingerprint density at radius 2 is 1.76 bits per heavy atom. The highest BCUT2D eigenvalue weighted by Crippen LogP contribution is 2.70. The van der Waals surface area contributed by atoms with Crippen molar-refractivity contribution < 1.29 is 14.3 Å². The second-order valence-electron chi connectivity index (χ2n) is 10.1. The van der Waals surface area contributed by atoms with Crippen molar-refractivity contribution in [3.05, 3.63) is 0 Å². The van der Waals surface area contributed by atoms with Crippen LogP contribution < -0.4 is 0 Å². The maximum absolute atomic E-state index is 13.6. The molecule has 0 bridgehead atoms. The van der Waals surface area contributed by atoms with Gasteiger partial charge in [0.15, 0.2) is 11.6 Å². The maximum Gasteiger partial charge on any atom is 0.168 e. The molecule has 4 saturated carbocycles. The predicted octanol–water partition coefficient (Wildman–Crippen LogP) is 4.86. The smallest absolute Gasteiger partial charge is 0.168 e. The summed E-state index contributed by atoms with van der Waals surface area (Å²) in [7, 11) is 0. The minimum atomic E-state index is -0.347. The van der Waals surface area contributed by atoms with Gasteiger partial charge >= 0.3 is 0 Å². The molecule has 1 aliphatic heterocycles. The van der Waals surface area contributed by atoms with Crippen molar-refractivity contribution in [2.24, 2.45) is 28.6 Å². The van der Waals surface area contributed by atoms with E-state index < -0.39 is 0 Å². The number of ketones is 1. The van der Waals surface area contributed by atoms with Gasteiger partial charge in [-0.25, -0.2) is 0 Å². The van der Waals surface area contributed by atoms with E-state index in [9.17, 15) is 4.79 Å². The van der Waals surface area contributed by atoms with Gasteiger partial charge in [0.2, 0.25) is 0 Å². The van der Waals surface area contributed by atoms with E-state index in [0.29, 0.717) is 17.6 Å². The number of carbonyl (C=O) groups excluding carboxylic acids is 1. The molecule has 3 nitrogen and oxygen atoms in total. The summed E-state index contributed by atoms with van der Waals surface area (Å²) in [5, 5.41) is 0. The first-order chi connectivity index (χ1) is 11.8. The number of halogens is 1. The van der Waals surface area contributed by atoms with Crippen LogP contribution in [0.4, 0.5) is 0 Å². The molecule has 1 spiro atoms. The van der Waals surface area contributed by atoms with E-state index in [1.54, 1.807) is 0 Å². The third kappa shape index (κ3) is 2.08. The zero-order valence-electron chi connectivity index (χ0n) is 15.6. The molecule has 4 heteroatoms. The van der Waals surface area contributed by atoms with Crippen molar-refractivity contribution in [3.63, 3.8) is 0 Å². The first kappa shape index (κ1) is 17.2. The fourth-order valence-corrected chi connectivity index (χ4v) is 8.89. The Morgan fingerprint density at radius 1 is 1.00 bits per heavy atom. The van der Waals surface area contributed by atoms with Gasteiger partial charge in [0.1, 0.15) is 0 Å². The Morgan fingerprint density at radius 3 is 2.52 bits per heavy atom. The summed E-state index contributed by atoms with van der Waals surface area (Å²) in [6, 6.07) is 0. The summed E-state index contributed by atoms with van der Waals surface area (Å²) in [6.07, 6.45) is 10.0. The molecule has 6 atom stereocenters. The van der Waals surface area contributed by atoms with E-state index in [0.717, 1.165) is 44.8 Å². The first-order valence-electron chi connectivity index (χ1n) is 10.3. The van der Waals surface area contributed by atoms with Crippen LogP contribution in [0.15, 0.2) is 0 Å². The van der Waals surface area contributed by atoms with E-state index in [1.165, 1.54) is 32.1 Å². The monoisotopic (exact) mass is 410 g/mol. The lowest BCUT2D eigenvalue weighted by Gasteiger charge is -2.64. The maximum atomic E-state index is 13.6. The third-order valence-corrected chi connectivity index (χ3v) is 11.0. The molecule has 25 heavy (non-hydrogen) atoms. The molecule has 5 fully saturated rings. The molecule has 5 rings (SSSR count). The number of carbonyl (C=O) groups is 1. The van der Waals surface area contributed by atoms with Gasteiger partial charge in [-0.05, 0) is 60.7 Å². The quantitative estimate of drug-likeness (QED) is 0.534. The highest BCUT2D eigenvalue weighted by Gasteiger charge is 2.70. The summed E-state index contributed by atoms with van der Waals surface area (Å²) in [6.45, 7) is 6.24. The second-order valence-corrected chi connectivity index (χ2v) is 11.3. The van der Waals surface area contributed by atoms with Gasteiger partial charge in [-0.2, -0.15) is 0 Å². The lowest BCUT2D eigenvalue weighted by molar-refractivity contribution is -0.221. The largest absolute Gasteiger partial charge is 0.348 e. The van der Waals surface area contributed by atoms with Crippen molar-refractivity contribution in [3.8, 4) is 0 Å². The molecule has 0 amide bonds. The van der Waals surface area contributed by atoms with Crippen LogP contribution in [0.1, 0.15) is 71.6 Å². The third-order valence-electron chi connectivity index (χ3n) is 9.08. The van der Waals surface area contributed by atoms with Crippen LogP contribution in [-0.2, 0) is 14.3 Å². The van der Waals surface area contributed by atoms with Gasteiger partial charge in [-0.1, -0.05) is 36.2 Å². The minimum Gasteiger partial charge on any atom is -0.348 e. The average molecular weight is 411 g/mol. The highest BCUT2D eigenvalue weighted by molar-refractivity contribution is 9.10. The Bertz CT molecular complexity index is 600. The molecule has 1 saturated heterocycles. The number of alkyl halides is 1. The zero-order valence-corrected chi connectivity index (χ0v) is 17.2. The van der Waals surface area contributed by atoms with E-state index in [2.05, 4.69) is 29.8 Å². The van der Waals surface area contributed by atoms with Crippen molar-refractivity contribution >= 4 is 21.7 Å². The van der Waals surface area contributed by atoms with Gasteiger partial charge in [0.25, 0.3) is 0 Å². The molecule has 0 aromatic rings. The number of hydrogen-bond acceptors (Lipinski definition) is 3. The number of Topliss-reactive ketones (excluding diaryl/α,β-unsaturated/α-hetero) is 1. The van der Waals surface area contributed by atoms with Crippen LogP contribution in [0, 0.1) is 28.6 Å². The molecule has 0 unspecified atom stereocenters. The standard InChI is InChI=1S/C21H31BrO3/c1-18-7-3-4-15(18)16-6-5-14-12-20(24-10-11-25-20)9-8-19(14,2)21(16,22)17(23)13-18/h14-16H,3-13H2,1-2H3/t14-,15+,16+,18+,19-,21-/m0/s1. The Kier molecular flexibility index (Phi) is 3.66. The summed E-state index contributed by atoms with van der Waals surface area (Å²) >= 11 is 4.16. The van der Waals surface area contributed by atoms with Crippen LogP contribution in [0.25, 0.3) is 0 Å². The number of ether oxygens (including phenoxy) is 2. The summed E-state index contributed by atoms with van der Waals surface area (Å²) in [4.78, 5) is 13.6. The zero-order chi connectivity index (χ0) is 17.5. The minimum absolute atomic E-state index is 0.0392. The van der Waals surface area contributed by atoms with Crippen LogP contribution in [-0.4, -0.2) is 29.1 Å². The van der Waals surface area contributed by atoms with E-state index in [4.69, 9.17) is 9.47 Å². The average Bonchev–Trinajstić information content (AvgIpc) is 3.17. The second kappa shape index (κ2) is 5.32. The topological polar surface area (TPSA) is 35.5 Å². The van der Waals surface area contributed by atoms with E-state index in [-0.39, 0.29) is 20.9 Å². The normalized spacial score (nSPS) is 54.2. The SMILES string of the molecule is C[C@]12CCC[C@@H]1[C@H]1CC[C@H]3CC4(CC[C@]3(C)[C@@]1(Br)C(=O)C2)OCCO4. The summed E-state index contributed by atoms with van der Waals surface area (Å²) < 4.78 is 11.7. The number of fused-ring (bicyclic) bond motifs is 5. The van der Waals surface area contributed by atoms with Crippen LogP contribution in [0.5, 0.6) is 0 Å². The molecule has 4 aliphatic carbocycles. The number of hydrogen-bond donors (Lipinski definition) is 0. The lowest BCUT2D eigenvalue weighted by atomic mass is 9.44. The molecular weight excluding hydrogens is 380 g/mol. The van der Waals surface area contributed by atoms with Gasteiger partial charge in [0.05, 0.1) is 17.5 Å². The molecule has 1 heterocycles. The van der Waals surface area contributed by atoms with Crippen LogP contribution in [0.2, 0.25) is 0 Å². The number of rotatable bonds is 0. The molecule has 5 aliphatic rings. The van der Waals surface area contributed by atoms with Crippen LogP contribution >= 0.6 is 15.9 Å². The van der Waals surface area contributed by atoms with Crippen LogP contribution in [0.3, 0.4) is 0 Å². The Balaban J connectivity index is 1.52. The van der Waals surface area contributed by atoms with Crippen molar-refractivity contribution in [1.82, 2.24) is 0 Å². The molecule has 0 aromatic carbocycles. The lowest BCUT2D eigenvalue weighted by Crippen LogP contribution is -2.67. The highest BCUT2D eigenvalue weighted by atomic mass is 79.9. The van der Waals surface area contributed by atoms with E-state index >= 15 is 0 Å². The summed E-state index contributed by atoms with van der Waals surface area (Å²) in [5.74, 6) is 1.90. The van der Waals surface area contributed by atoms with E-state index in [1.807, 2.05) is 0 Å².